The fraction of sp³-hybridized carbons (Fsp3) is 0.500. The van der Waals surface area contributed by atoms with Crippen LogP contribution in [0.1, 0.15) is 30.6 Å². The van der Waals surface area contributed by atoms with Crippen LogP contribution in [-0.4, -0.2) is 41.3 Å². The van der Waals surface area contributed by atoms with Gasteiger partial charge in [0.2, 0.25) is 0 Å². The van der Waals surface area contributed by atoms with Gasteiger partial charge in [0.25, 0.3) is 5.91 Å². The van der Waals surface area contributed by atoms with E-state index < -0.39 is 29.4 Å². The molecule has 1 aromatic rings. The highest BCUT2D eigenvalue weighted by Crippen LogP contribution is 2.38. The Kier molecular flexibility index (Phi) is 4.77. The number of carboxylic acids is 1. The zero-order valence-electron chi connectivity index (χ0n) is 13.3. The first-order valence-corrected chi connectivity index (χ1v) is 7.43. The van der Waals surface area contributed by atoms with Crippen LogP contribution in [0.25, 0.3) is 0 Å². The fourth-order valence-electron chi connectivity index (χ4n) is 2.91. The summed E-state index contributed by atoms with van der Waals surface area (Å²) < 4.78 is 40.6. The third-order valence-corrected chi connectivity index (χ3v) is 4.43. The van der Waals surface area contributed by atoms with Gasteiger partial charge in [-0.05, 0) is 30.5 Å². The highest BCUT2D eigenvalue weighted by Gasteiger charge is 2.48. The minimum absolute atomic E-state index is 0.0293. The predicted octanol–water partition coefficient (Wildman–Crippen LogP) is 3.16. The number of carbonyl (C=O) groups is 2. The van der Waals surface area contributed by atoms with Crippen molar-refractivity contribution in [3.63, 3.8) is 0 Å². The average Bonchev–Trinajstić information content (AvgIpc) is 2.91. The van der Waals surface area contributed by atoms with Crippen molar-refractivity contribution in [2.75, 3.05) is 13.1 Å². The molecule has 1 aliphatic rings. The quantitative estimate of drug-likeness (QED) is 0.910. The summed E-state index contributed by atoms with van der Waals surface area (Å²) in [6, 6.07) is 4.77. The molecule has 0 bridgehead atoms. The molecule has 8 heteroatoms. The second-order valence-corrected chi connectivity index (χ2v) is 6.17. The van der Waals surface area contributed by atoms with Gasteiger partial charge < -0.3 is 14.7 Å². The molecule has 24 heavy (non-hydrogen) atoms. The Balaban J connectivity index is 2.19. The second-order valence-electron chi connectivity index (χ2n) is 6.17. The van der Waals surface area contributed by atoms with E-state index in [4.69, 9.17) is 0 Å². The number of hydrogen-bond acceptors (Lipinski definition) is 3. The van der Waals surface area contributed by atoms with E-state index in [1.54, 1.807) is 13.8 Å². The van der Waals surface area contributed by atoms with Gasteiger partial charge in [0.1, 0.15) is 5.75 Å². The minimum atomic E-state index is -4.84. The van der Waals surface area contributed by atoms with E-state index >= 15 is 0 Å². The van der Waals surface area contributed by atoms with Gasteiger partial charge >= 0.3 is 12.3 Å². The first kappa shape index (κ1) is 18.1. The molecule has 0 aliphatic carbocycles. The number of benzene rings is 1. The summed E-state index contributed by atoms with van der Waals surface area (Å²) in [5, 5.41) is 9.49. The molecule has 1 N–H and O–H groups in total. The Bertz CT molecular complexity index is 644. The second kappa shape index (κ2) is 6.33. The van der Waals surface area contributed by atoms with Gasteiger partial charge in [-0.25, -0.2) is 0 Å². The highest BCUT2D eigenvalue weighted by atomic mass is 19.4. The molecule has 2 rings (SSSR count). The van der Waals surface area contributed by atoms with Crippen LogP contribution in [0.15, 0.2) is 24.3 Å². The maximum Gasteiger partial charge on any atom is 0.573 e. The Morgan fingerprint density at radius 2 is 2.00 bits per heavy atom. The maximum atomic E-state index is 12.5. The number of halogens is 3. The summed E-state index contributed by atoms with van der Waals surface area (Å²) in [4.78, 5) is 25.5. The van der Waals surface area contributed by atoms with Gasteiger partial charge in [-0.3, -0.25) is 9.59 Å². The van der Waals surface area contributed by atoms with Crippen molar-refractivity contribution >= 4 is 11.9 Å². The molecular weight excluding hydrogens is 327 g/mol. The van der Waals surface area contributed by atoms with Crippen molar-refractivity contribution in [1.29, 1.82) is 0 Å². The molecule has 1 aromatic carbocycles. The number of hydrogen-bond donors (Lipinski definition) is 1. The van der Waals surface area contributed by atoms with E-state index in [1.807, 2.05) is 0 Å². The number of aliphatic carboxylic acids is 1. The molecule has 1 aliphatic heterocycles. The summed E-state index contributed by atoms with van der Waals surface area (Å²) in [6.07, 6.45) is -4.53. The third kappa shape index (κ3) is 3.63. The van der Waals surface area contributed by atoms with Crippen molar-refractivity contribution in [3.05, 3.63) is 29.8 Å². The van der Waals surface area contributed by atoms with Crippen LogP contribution in [0.2, 0.25) is 0 Å². The topological polar surface area (TPSA) is 66.8 Å². The van der Waals surface area contributed by atoms with Gasteiger partial charge in [-0.1, -0.05) is 19.9 Å². The molecule has 1 heterocycles. The number of ether oxygens (including phenoxy) is 1. The van der Waals surface area contributed by atoms with E-state index in [0.717, 1.165) is 12.1 Å². The van der Waals surface area contributed by atoms with Gasteiger partial charge in [0.05, 0.1) is 5.41 Å². The number of carbonyl (C=O) groups excluding carboxylic acids is 1. The summed E-state index contributed by atoms with van der Waals surface area (Å²) in [7, 11) is 0. The van der Waals surface area contributed by atoms with Crippen LogP contribution in [0, 0.1) is 11.3 Å². The largest absolute Gasteiger partial charge is 0.573 e. The van der Waals surface area contributed by atoms with Crippen LogP contribution < -0.4 is 4.74 Å². The Hall–Kier alpha value is -2.25. The van der Waals surface area contributed by atoms with E-state index in [9.17, 15) is 27.9 Å². The van der Waals surface area contributed by atoms with Crippen molar-refractivity contribution in [2.45, 2.75) is 26.6 Å². The monoisotopic (exact) mass is 345 g/mol. The zero-order valence-corrected chi connectivity index (χ0v) is 13.3. The smallest absolute Gasteiger partial charge is 0.481 e. The molecule has 0 spiro atoms. The molecule has 1 fully saturated rings. The Morgan fingerprint density at radius 1 is 1.33 bits per heavy atom. The molecule has 0 aromatic heterocycles. The Labute approximate surface area is 137 Å². The average molecular weight is 345 g/mol. The van der Waals surface area contributed by atoms with Crippen LogP contribution in [0.4, 0.5) is 13.2 Å². The van der Waals surface area contributed by atoms with E-state index in [-0.39, 0.29) is 24.6 Å². The van der Waals surface area contributed by atoms with Gasteiger partial charge in [-0.2, -0.15) is 0 Å². The molecule has 0 radical (unpaired) electrons. The normalized spacial score (nSPS) is 21.2. The first-order chi connectivity index (χ1) is 11.0. The highest BCUT2D eigenvalue weighted by molar-refractivity contribution is 5.95. The van der Waals surface area contributed by atoms with Crippen LogP contribution in [-0.2, 0) is 4.79 Å². The third-order valence-electron chi connectivity index (χ3n) is 4.43. The number of alkyl halides is 3. The summed E-state index contributed by atoms with van der Waals surface area (Å²) >= 11 is 0. The van der Waals surface area contributed by atoms with Crippen molar-refractivity contribution in [1.82, 2.24) is 4.90 Å². The maximum absolute atomic E-state index is 12.5. The number of amides is 1. The fourth-order valence-corrected chi connectivity index (χ4v) is 2.91. The Morgan fingerprint density at radius 3 is 2.50 bits per heavy atom. The molecule has 0 saturated carbocycles. The lowest BCUT2D eigenvalue weighted by Gasteiger charge is -2.28. The van der Waals surface area contributed by atoms with Crippen molar-refractivity contribution in [3.8, 4) is 5.75 Å². The van der Waals surface area contributed by atoms with Gasteiger partial charge in [0.15, 0.2) is 0 Å². The van der Waals surface area contributed by atoms with Crippen LogP contribution in [0.3, 0.4) is 0 Å². The molecule has 1 atom stereocenters. The molecule has 1 saturated heterocycles. The number of likely N-dealkylation sites (tertiary alicyclic amines) is 1. The van der Waals surface area contributed by atoms with Crippen LogP contribution in [0.5, 0.6) is 5.75 Å². The molecule has 1 amide bonds. The SMILES string of the molecule is CC(C)C1(C(=O)O)CCN(C(=O)c2cccc(OC(F)(F)F)c2)C1. The van der Waals surface area contributed by atoms with Crippen LogP contribution >= 0.6 is 0 Å². The van der Waals surface area contributed by atoms with Gasteiger partial charge in [-0.15, -0.1) is 13.2 Å². The van der Waals surface area contributed by atoms with Crippen molar-refractivity contribution < 1.29 is 32.6 Å². The predicted molar refractivity (Wildman–Crippen MR) is 78.6 cm³/mol. The van der Waals surface area contributed by atoms with E-state index in [2.05, 4.69) is 4.74 Å². The summed E-state index contributed by atoms with van der Waals surface area (Å²) in [5.41, 5.74) is -1.00. The van der Waals surface area contributed by atoms with Gasteiger partial charge in [0, 0.05) is 18.7 Å². The molecule has 132 valence electrons. The van der Waals surface area contributed by atoms with Crippen molar-refractivity contribution in [2.24, 2.45) is 11.3 Å². The molecule has 5 nitrogen and oxygen atoms in total. The molecular formula is C16H18F3NO4. The lowest BCUT2D eigenvalue weighted by atomic mass is 9.76. The number of nitrogens with zero attached hydrogens (tertiary/aromatic N) is 1. The number of rotatable bonds is 4. The lowest BCUT2D eigenvalue weighted by molar-refractivity contribution is -0.274. The number of carboxylic acid groups (broad SMARTS) is 1. The summed E-state index contributed by atoms with van der Waals surface area (Å²) in [5.74, 6) is -2.14. The van der Waals surface area contributed by atoms with E-state index in [1.165, 1.54) is 17.0 Å². The first-order valence-electron chi connectivity index (χ1n) is 7.43. The summed E-state index contributed by atoms with van der Waals surface area (Å²) in [6.45, 7) is 3.83. The zero-order chi connectivity index (χ0) is 18.1. The van der Waals surface area contributed by atoms with E-state index in [0.29, 0.717) is 6.42 Å². The lowest BCUT2D eigenvalue weighted by Crippen LogP contribution is -2.40. The minimum Gasteiger partial charge on any atom is -0.481 e. The molecule has 1 unspecified atom stereocenters. The standard InChI is InChI=1S/C16H18F3NO4/c1-10(2)15(14(22)23)6-7-20(9-15)13(21)11-4-3-5-12(8-11)24-16(17,18)19/h3-5,8,10H,6-7,9H2,1-2H3,(H,22,23).